The van der Waals surface area contributed by atoms with Gasteiger partial charge in [-0.1, -0.05) is 6.07 Å². The first-order valence-corrected chi connectivity index (χ1v) is 8.63. The fraction of sp³-hybridized carbons (Fsp3) is 0.421. The highest BCUT2D eigenvalue weighted by Gasteiger charge is 2.14. The molecule has 3 aromatic heterocycles. The molecule has 0 aliphatic heterocycles. The number of aryl methyl sites for hydroxylation is 3. The van der Waals surface area contributed by atoms with Crippen LogP contribution in [0.15, 0.2) is 24.5 Å². The first-order chi connectivity index (χ1) is 12.0. The summed E-state index contributed by atoms with van der Waals surface area (Å²) in [7, 11) is 1.87. The van der Waals surface area contributed by atoms with Crippen LogP contribution >= 0.6 is 0 Å². The molecule has 0 aliphatic carbocycles. The largest absolute Gasteiger partial charge is 0.345 e. The zero-order valence-electron chi connectivity index (χ0n) is 15.3. The summed E-state index contributed by atoms with van der Waals surface area (Å²) in [5.41, 5.74) is 6.38. The van der Waals surface area contributed by atoms with Crippen molar-refractivity contribution >= 4 is 11.6 Å². The minimum atomic E-state index is 0.115. The normalized spacial score (nSPS) is 11.2. The predicted octanol–water partition coefficient (Wildman–Crippen LogP) is 2.62. The summed E-state index contributed by atoms with van der Waals surface area (Å²) in [6.07, 6.45) is 5.98. The van der Waals surface area contributed by atoms with Crippen LogP contribution in [0.4, 0.5) is 0 Å². The number of aromatic amines is 1. The maximum Gasteiger partial charge on any atom is 0.228 e. The Morgan fingerprint density at radius 3 is 2.84 bits per heavy atom. The lowest BCUT2D eigenvalue weighted by molar-refractivity contribution is -0.129. The van der Waals surface area contributed by atoms with Crippen LogP contribution in [0, 0.1) is 20.8 Å². The van der Waals surface area contributed by atoms with Crippen LogP contribution in [-0.2, 0) is 17.6 Å². The molecule has 0 saturated heterocycles. The standard InChI is InChI=1S/C19H25N5O/c1-13-7-5-10-24-16(12-20-19(13)24)11-18(25)23(4)9-6-8-17-14(2)21-22-15(17)3/h5,7,10,12H,6,8-9,11H2,1-4H3,(H,21,22). The van der Waals surface area contributed by atoms with Gasteiger partial charge in [0.25, 0.3) is 0 Å². The molecule has 0 aromatic carbocycles. The number of pyridine rings is 1. The number of fused-ring (bicyclic) bond motifs is 1. The number of nitrogens with one attached hydrogen (secondary N) is 1. The average Bonchev–Trinajstić information content (AvgIpc) is 3.13. The summed E-state index contributed by atoms with van der Waals surface area (Å²) in [4.78, 5) is 18.8. The highest BCUT2D eigenvalue weighted by molar-refractivity contribution is 5.78. The van der Waals surface area contributed by atoms with Crippen LogP contribution in [0.2, 0.25) is 0 Å². The molecule has 0 spiro atoms. The molecule has 0 bridgehead atoms. The highest BCUT2D eigenvalue weighted by Crippen LogP contribution is 2.14. The molecule has 1 amide bonds. The van der Waals surface area contributed by atoms with Gasteiger partial charge in [-0.05, 0) is 50.8 Å². The molecule has 0 fully saturated rings. The fourth-order valence-corrected chi connectivity index (χ4v) is 3.18. The Bertz CT molecular complexity index is 873. The van der Waals surface area contributed by atoms with E-state index in [1.54, 1.807) is 11.1 Å². The molecule has 0 aliphatic rings. The number of rotatable bonds is 6. The van der Waals surface area contributed by atoms with Gasteiger partial charge in [0.2, 0.25) is 5.91 Å². The van der Waals surface area contributed by atoms with Gasteiger partial charge in [0.1, 0.15) is 5.65 Å². The second-order valence-corrected chi connectivity index (χ2v) is 6.64. The average molecular weight is 339 g/mol. The van der Waals surface area contributed by atoms with Crippen molar-refractivity contribution in [1.82, 2.24) is 24.5 Å². The lowest BCUT2D eigenvalue weighted by Gasteiger charge is -2.17. The molecule has 3 aromatic rings. The minimum Gasteiger partial charge on any atom is -0.345 e. The summed E-state index contributed by atoms with van der Waals surface area (Å²) in [6, 6.07) is 4.01. The summed E-state index contributed by atoms with van der Waals surface area (Å²) < 4.78 is 2.00. The van der Waals surface area contributed by atoms with Crippen LogP contribution in [0.25, 0.3) is 5.65 Å². The molecule has 132 valence electrons. The molecule has 0 atom stereocenters. The molecule has 0 radical (unpaired) electrons. The van der Waals surface area contributed by atoms with Crippen molar-refractivity contribution in [2.45, 2.75) is 40.0 Å². The van der Waals surface area contributed by atoms with Crippen molar-refractivity contribution in [3.63, 3.8) is 0 Å². The number of likely N-dealkylation sites (N-methyl/N-ethyl adjacent to an activating group) is 1. The lowest BCUT2D eigenvalue weighted by Crippen LogP contribution is -2.29. The number of amides is 1. The van der Waals surface area contributed by atoms with Crippen LogP contribution < -0.4 is 0 Å². The molecule has 6 nitrogen and oxygen atoms in total. The zero-order valence-corrected chi connectivity index (χ0v) is 15.3. The first kappa shape index (κ1) is 17.2. The van der Waals surface area contributed by atoms with Crippen LogP contribution in [0.3, 0.4) is 0 Å². The van der Waals surface area contributed by atoms with Gasteiger partial charge in [0.05, 0.1) is 17.8 Å². The number of H-pyrrole nitrogens is 1. The van der Waals surface area contributed by atoms with Gasteiger partial charge in [-0.25, -0.2) is 4.98 Å². The Balaban J connectivity index is 1.58. The van der Waals surface area contributed by atoms with Crippen LogP contribution in [0.5, 0.6) is 0 Å². The predicted molar refractivity (Wildman–Crippen MR) is 97.7 cm³/mol. The maximum absolute atomic E-state index is 12.5. The van der Waals surface area contributed by atoms with Gasteiger partial charge < -0.3 is 9.30 Å². The lowest BCUT2D eigenvalue weighted by atomic mass is 10.1. The number of hydrogen-bond donors (Lipinski definition) is 1. The third kappa shape index (κ3) is 3.57. The minimum absolute atomic E-state index is 0.115. The number of hydrogen-bond acceptors (Lipinski definition) is 3. The highest BCUT2D eigenvalue weighted by atomic mass is 16.2. The van der Waals surface area contributed by atoms with E-state index >= 15 is 0 Å². The van der Waals surface area contributed by atoms with Crippen molar-refractivity contribution < 1.29 is 4.79 Å². The van der Waals surface area contributed by atoms with Gasteiger partial charge >= 0.3 is 0 Å². The molecule has 3 heterocycles. The monoisotopic (exact) mass is 339 g/mol. The van der Waals surface area contributed by atoms with Crippen LogP contribution in [-0.4, -0.2) is 44.0 Å². The smallest absolute Gasteiger partial charge is 0.228 e. The van der Waals surface area contributed by atoms with Gasteiger partial charge in [0.15, 0.2) is 0 Å². The van der Waals surface area contributed by atoms with E-state index in [1.807, 2.05) is 50.5 Å². The fourth-order valence-electron chi connectivity index (χ4n) is 3.18. The zero-order chi connectivity index (χ0) is 18.0. The van der Waals surface area contributed by atoms with E-state index in [0.717, 1.165) is 47.7 Å². The molecular formula is C19H25N5O. The Hall–Kier alpha value is -2.63. The molecular weight excluding hydrogens is 314 g/mol. The Labute approximate surface area is 147 Å². The number of carbonyl (C=O) groups is 1. The first-order valence-electron chi connectivity index (χ1n) is 8.63. The van der Waals surface area contributed by atoms with Crippen molar-refractivity contribution in [3.05, 3.63) is 52.7 Å². The van der Waals surface area contributed by atoms with E-state index in [4.69, 9.17) is 0 Å². The van der Waals surface area contributed by atoms with Crippen molar-refractivity contribution in [2.24, 2.45) is 0 Å². The number of imidazole rings is 1. The molecule has 0 unspecified atom stereocenters. The maximum atomic E-state index is 12.5. The van der Waals surface area contributed by atoms with Gasteiger partial charge in [-0.15, -0.1) is 0 Å². The van der Waals surface area contributed by atoms with E-state index in [2.05, 4.69) is 15.2 Å². The third-order valence-corrected chi connectivity index (χ3v) is 4.77. The summed E-state index contributed by atoms with van der Waals surface area (Å²) >= 11 is 0. The SMILES string of the molecule is Cc1n[nH]c(C)c1CCCN(C)C(=O)Cc1cnc2c(C)cccn12. The number of nitrogens with zero attached hydrogens (tertiary/aromatic N) is 4. The van der Waals surface area contributed by atoms with Crippen molar-refractivity contribution in [1.29, 1.82) is 0 Å². The summed E-state index contributed by atoms with van der Waals surface area (Å²) in [5.74, 6) is 0.115. The van der Waals surface area contributed by atoms with E-state index in [1.165, 1.54) is 5.56 Å². The number of carbonyl (C=O) groups excluding carboxylic acids is 1. The van der Waals surface area contributed by atoms with Gasteiger partial charge in [-0.2, -0.15) is 5.10 Å². The van der Waals surface area contributed by atoms with E-state index in [0.29, 0.717) is 6.42 Å². The molecule has 1 N–H and O–H groups in total. The topological polar surface area (TPSA) is 66.3 Å². The molecule has 3 rings (SSSR count). The van der Waals surface area contributed by atoms with E-state index in [9.17, 15) is 4.79 Å². The van der Waals surface area contributed by atoms with Gasteiger partial charge in [-0.3, -0.25) is 9.89 Å². The quantitative estimate of drug-likeness (QED) is 0.751. The number of aromatic nitrogens is 4. The van der Waals surface area contributed by atoms with E-state index < -0.39 is 0 Å². The van der Waals surface area contributed by atoms with E-state index in [-0.39, 0.29) is 5.91 Å². The molecule has 0 saturated carbocycles. The van der Waals surface area contributed by atoms with Gasteiger partial charge in [0, 0.05) is 31.7 Å². The summed E-state index contributed by atoms with van der Waals surface area (Å²) in [6.45, 7) is 6.82. The second-order valence-electron chi connectivity index (χ2n) is 6.64. The Morgan fingerprint density at radius 2 is 2.12 bits per heavy atom. The Kier molecular flexibility index (Phi) is 4.88. The second kappa shape index (κ2) is 7.09. The van der Waals surface area contributed by atoms with Crippen molar-refractivity contribution in [2.75, 3.05) is 13.6 Å². The van der Waals surface area contributed by atoms with Crippen molar-refractivity contribution in [3.8, 4) is 0 Å². The molecule has 25 heavy (non-hydrogen) atoms. The van der Waals surface area contributed by atoms with Crippen LogP contribution in [0.1, 0.15) is 34.6 Å². The molecule has 6 heteroatoms. The Morgan fingerprint density at radius 1 is 1.32 bits per heavy atom. The summed E-state index contributed by atoms with van der Waals surface area (Å²) in [5, 5.41) is 7.23. The third-order valence-electron chi connectivity index (χ3n) is 4.77.